The van der Waals surface area contributed by atoms with E-state index >= 15 is 0 Å². The summed E-state index contributed by atoms with van der Waals surface area (Å²) in [7, 11) is 1.74. The van der Waals surface area contributed by atoms with Gasteiger partial charge in [0.2, 0.25) is 0 Å². The number of hydrogen-bond donors (Lipinski definition) is 0. The number of hydrogen-bond acceptors (Lipinski definition) is 3. The lowest BCUT2D eigenvalue weighted by Gasteiger charge is -2.59. The Morgan fingerprint density at radius 2 is 1.88 bits per heavy atom. The molecule has 1 spiro atoms. The summed E-state index contributed by atoms with van der Waals surface area (Å²) < 4.78 is 12.2. The molecule has 0 unspecified atom stereocenters. The number of carbonyl (C=O) groups is 1. The highest BCUT2D eigenvalue weighted by Crippen LogP contribution is 2.71. The van der Waals surface area contributed by atoms with Crippen LogP contribution in [-0.4, -0.2) is 25.1 Å². The lowest BCUT2D eigenvalue weighted by Crippen LogP contribution is -2.55. The maximum absolute atomic E-state index is 12.3. The Morgan fingerprint density at radius 3 is 2.64 bits per heavy atom. The van der Waals surface area contributed by atoms with Crippen molar-refractivity contribution < 1.29 is 14.3 Å². The first-order valence-electron chi connectivity index (χ1n) is 13.2. The van der Waals surface area contributed by atoms with Crippen molar-refractivity contribution in [2.75, 3.05) is 13.7 Å². The monoisotopic (exact) mass is 446 g/mol. The van der Waals surface area contributed by atoms with Gasteiger partial charge in [-0.15, -0.1) is 0 Å². The summed E-state index contributed by atoms with van der Waals surface area (Å²) in [4.78, 5) is 12.3. The van der Waals surface area contributed by atoms with Crippen LogP contribution >= 0.6 is 0 Å². The van der Waals surface area contributed by atoms with Crippen LogP contribution in [-0.2, 0) is 9.53 Å². The quantitative estimate of drug-likeness (QED) is 0.478. The smallest absolute Gasteiger partial charge is 0.155 e. The van der Waals surface area contributed by atoms with Gasteiger partial charge < -0.3 is 9.47 Å². The molecule has 0 N–H and O–H groups in total. The lowest BCUT2D eigenvalue weighted by molar-refractivity contribution is -0.122. The highest BCUT2D eigenvalue weighted by atomic mass is 16.5. The van der Waals surface area contributed by atoms with Gasteiger partial charge in [0.1, 0.15) is 5.75 Å². The minimum absolute atomic E-state index is 0.0687. The summed E-state index contributed by atoms with van der Waals surface area (Å²) in [6, 6.07) is 8.89. The topological polar surface area (TPSA) is 35.5 Å². The fourth-order valence-electron chi connectivity index (χ4n) is 9.26. The predicted octanol–water partition coefficient (Wildman–Crippen LogP) is 6.64. The SMILES string of the molecule is C/C=C1\CCO[C@]12CC[C@H]1[C@@H]3CCC4=CC(=O)CC[C@@H]4[C@H]3[C@@H](c3ccc(OC)cc3)C[C@@]12C. The van der Waals surface area contributed by atoms with Crippen molar-refractivity contribution in [2.24, 2.45) is 29.1 Å². The molecular weight excluding hydrogens is 408 g/mol. The van der Waals surface area contributed by atoms with Crippen LogP contribution < -0.4 is 4.74 Å². The highest BCUT2D eigenvalue weighted by molar-refractivity contribution is 5.91. The highest BCUT2D eigenvalue weighted by Gasteiger charge is 2.67. The van der Waals surface area contributed by atoms with Gasteiger partial charge in [-0.05, 0) is 111 Å². The third-order valence-electron chi connectivity index (χ3n) is 10.6. The van der Waals surface area contributed by atoms with Crippen LogP contribution in [0.3, 0.4) is 0 Å². The number of carbonyl (C=O) groups excluding carboxylic acids is 1. The Hall–Kier alpha value is -1.87. The molecule has 1 aliphatic heterocycles. The molecule has 0 radical (unpaired) electrons. The van der Waals surface area contributed by atoms with E-state index in [-0.39, 0.29) is 11.0 Å². The van der Waals surface area contributed by atoms with Gasteiger partial charge in [-0.25, -0.2) is 0 Å². The minimum atomic E-state index is -0.0687. The molecule has 1 heterocycles. The van der Waals surface area contributed by atoms with Gasteiger partial charge in [0, 0.05) is 11.8 Å². The summed E-state index contributed by atoms with van der Waals surface area (Å²) in [5, 5.41) is 0. The molecule has 1 saturated heterocycles. The van der Waals surface area contributed by atoms with E-state index in [0.29, 0.717) is 35.4 Å². The van der Waals surface area contributed by atoms with Crippen LogP contribution in [0, 0.1) is 29.1 Å². The average Bonchev–Trinajstić information content (AvgIpc) is 3.39. The summed E-state index contributed by atoms with van der Waals surface area (Å²) in [5.74, 6) is 4.41. The van der Waals surface area contributed by atoms with Crippen molar-refractivity contribution in [3.63, 3.8) is 0 Å². The maximum atomic E-state index is 12.3. The van der Waals surface area contributed by atoms with Crippen molar-refractivity contribution in [1.82, 2.24) is 0 Å². The molecule has 0 aromatic heterocycles. The molecule has 0 bridgehead atoms. The van der Waals surface area contributed by atoms with E-state index < -0.39 is 0 Å². The van der Waals surface area contributed by atoms with Crippen molar-refractivity contribution in [1.29, 1.82) is 0 Å². The average molecular weight is 447 g/mol. The van der Waals surface area contributed by atoms with Crippen LogP contribution in [0.25, 0.3) is 0 Å². The Morgan fingerprint density at radius 1 is 1.06 bits per heavy atom. The molecule has 4 aliphatic carbocycles. The first-order chi connectivity index (χ1) is 16.0. The second-order valence-corrected chi connectivity index (χ2v) is 11.5. The second kappa shape index (κ2) is 7.83. The van der Waals surface area contributed by atoms with Gasteiger partial charge in [-0.2, -0.15) is 0 Å². The van der Waals surface area contributed by atoms with Crippen LogP contribution in [0.5, 0.6) is 5.75 Å². The number of methoxy groups -OCH3 is 1. The van der Waals surface area contributed by atoms with E-state index in [1.165, 1.54) is 36.8 Å². The Balaban J connectivity index is 1.46. The van der Waals surface area contributed by atoms with Crippen LogP contribution in [0.15, 0.2) is 47.6 Å². The number of ether oxygens (including phenoxy) is 2. The molecule has 6 rings (SSSR count). The third kappa shape index (κ3) is 3.00. The number of rotatable bonds is 2. The molecule has 0 amide bonds. The van der Waals surface area contributed by atoms with Crippen LogP contribution in [0.4, 0.5) is 0 Å². The Kier molecular flexibility index (Phi) is 5.14. The van der Waals surface area contributed by atoms with Gasteiger partial charge in [-0.1, -0.05) is 30.7 Å². The van der Waals surface area contributed by atoms with Crippen molar-refractivity contribution in [3.05, 3.63) is 53.1 Å². The van der Waals surface area contributed by atoms with E-state index in [1.54, 1.807) is 12.7 Å². The van der Waals surface area contributed by atoms with Gasteiger partial charge in [-0.3, -0.25) is 4.79 Å². The number of allylic oxidation sites excluding steroid dienone is 2. The molecule has 5 aliphatic rings. The lowest BCUT2D eigenvalue weighted by atomic mass is 9.46. The van der Waals surface area contributed by atoms with E-state index in [1.807, 2.05) is 6.08 Å². The van der Waals surface area contributed by atoms with E-state index in [2.05, 4.69) is 44.2 Å². The van der Waals surface area contributed by atoms with Gasteiger partial charge in [0.15, 0.2) is 5.78 Å². The molecule has 3 saturated carbocycles. The maximum Gasteiger partial charge on any atom is 0.155 e. The summed E-state index contributed by atoms with van der Waals surface area (Å²) in [5.41, 5.74) is 4.56. The molecule has 4 fully saturated rings. The molecular formula is C30H38O3. The van der Waals surface area contributed by atoms with E-state index in [9.17, 15) is 4.79 Å². The minimum Gasteiger partial charge on any atom is -0.497 e. The zero-order valence-electron chi connectivity index (χ0n) is 20.4. The fraction of sp³-hybridized carbons (Fsp3) is 0.633. The molecule has 7 atom stereocenters. The fourth-order valence-corrected chi connectivity index (χ4v) is 9.26. The Labute approximate surface area is 198 Å². The standard InChI is InChI=1S/C30H38O3/c1-4-21-14-16-33-30(21)15-13-27-25-11-7-20-17-22(31)8-12-24(20)28(25)26(18-29(27,30)2)19-5-9-23(32-3)10-6-19/h4-6,9-10,17,24-28H,7-8,11-16,18H2,1-3H3/b21-4+/t24-,25-,26+,27-,28+,29-,30+/m0/s1. The van der Waals surface area contributed by atoms with Crippen molar-refractivity contribution in [2.45, 2.75) is 76.7 Å². The first-order valence-corrected chi connectivity index (χ1v) is 13.2. The number of ketones is 1. The molecule has 1 aromatic carbocycles. The summed E-state index contributed by atoms with van der Waals surface area (Å²) in [6.07, 6.45) is 13.2. The van der Waals surface area contributed by atoms with Crippen LogP contribution in [0.1, 0.15) is 76.7 Å². The predicted molar refractivity (Wildman–Crippen MR) is 130 cm³/mol. The van der Waals surface area contributed by atoms with Crippen LogP contribution in [0.2, 0.25) is 0 Å². The van der Waals surface area contributed by atoms with Crippen molar-refractivity contribution >= 4 is 5.78 Å². The van der Waals surface area contributed by atoms with Crippen molar-refractivity contribution in [3.8, 4) is 5.75 Å². The van der Waals surface area contributed by atoms with Gasteiger partial charge in [0.25, 0.3) is 0 Å². The normalized spacial score (nSPS) is 43.2. The molecule has 176 valence electrons. The largest absolute Gasteiger partial charge is 0.497 e. The summed E-state index contributed by atoms with van der Waals surface area (Å²) in [6.45, 7) is 5.66. The third-order valence-corrected chi connectivity index (χ3v) is 10.6. The Bertz CT molecular complexity index is 1000. The molecule has 33 heavy (non-hydrogen) atoms. The number of fused-ring (bicyclic) bond motifs is 6. The zero-order chi connectivity index (χ0) is 22.8. The molecule has 3 nitrogen and oxygen atoms in total. The van der Waals surface area contributed by atoms with Gasteiger partial charge in [0.05, 0.1) is 19.3 Å². The molecule has 1 aromatic rings. The van der Waals surface area contributed by atoms with E-state index in [4.69, 9.17) is 9.47 Å². The van der Waals surface area contributed by atoms with E-state index in [0.717, 1.165) is 38.0 Å². The first kappa shape index (κ1) is 21.6. The number of benzene rings is 1. The summed E-state index contributed by atoms with van der Waals surface area (Å²) >= 11 is 0. The zero-order valence-corrected chi connectivity index (χ0v) is 20.4. The van der Waals surface area contributed by atoms with Gasteiger partial charge >= 0.3 is 0 Å². The second-order valence-electron chi connectivity index (χ2n) is 11.5. The molecule has 3 heteroatoms.